The Morgan fingerprint density at radius 1 is 0.471 bits per heavy atom. The molecule has 0 atom stereocenters. The molecule has 174 valence electrons. The number of nitrogen functional groups attached to an aromatic ring is 2. The van der Waals surface area contributed by atoms with E-state index < -0.39 is 23.5 Å². The van der Waals surface area contributed by atoms with E-state index in [1.807, 2.05) is 0 Å². The van der Waals surface area contributed by atoms with Crippen molar-refractivity contribution in [3.63, 3.8) is 0 Å². The molecule has 9 heteroatoms. The molecule has 0 aliphatic rings. The highest BCUT2D eigenvalue weighted by Gasteiger charge is 2.37. The van der Waals surface area contributed by atoms with Crippen LogP contribution in [0.4, 0.5) is 37.7 Å². The SMILES string of the molecule is Nc1ccc(-c2cc(-c3cc(C(F)(F)F)cc(C(F)(F)F)c3)cc(-c3ccc(N)cc3)n2)cc1. The summed E-state index contributed by atoms with van der Waals surface area (Å²) in [7, 11) is 0. The molecule has 0 saturated carbocycles. The molecule has 0 aliphatic heterocycles. The van der Waals surface area contributed by atoms with Crippen molar-refractivity contribution in [1.29, 1.82) is 0 Å². The minimum atomic E-state index is -4.96. The summed E-state index contributed by atoms with van der Waals surface area (Å²) in [4.78, 5) is 4.58. The Hall–Kier alpha value is -4.01. The van der Waals surface area contributed by atoms with Gasteiger partial charge in [-0.15, -0.1) is 0 Å². The Balaban J connectivity index is 1.97. The van der Waals surface area contributed by atoms with Crippen molar-refractivity contribution in [1.82, 2.24) is 4.98 Å². The molecule has 0 amide bonds. The van der Waals surface area contributed by atoms with E-state index in [9.17, 15) is 26.3 Å². The molecule has 0 unspecified atom stereocenters. The number of nitrogens with two attached hydrogens (primary N) is 2. The number of halogens is 6. The number of nitrogens with zero attached hydrogens (tertiary/aromatic N) is 1. The molecule has 4 aromatic rings. The lowest BCUT2D eigenvalue weighted by Crippen LogP contribution is -2.11. The van der Waals surface area contributed by atoms with Crippen molar-refractivity contribution in [2.24, 2.45) is 0 Å². The second kappa shape index (κ2) is 8.40. The normalized spacial score (nSPS) is 12.1. The van der Waals surface area contributed by atoms with Gasteiger partial charge in [-0.05, 0) is 65.7 Å². The van der Waals surface area contributed by atoms with E-state index in [1.54, 1.807) is 48.5 Å². The molecule has 0 bridgehead atoms. The van der Waals surface area contributed by atoms with Crippen molar-refractivity contribution in [2.75, 3.05) is 11.5 Å². The summed E-state index contributed by atoms with van der Waals surface area (Å²) in [5.74, 6) is 0. The molecular formula is C25H17F6N3. The largest absolute Gasteiger partial charge is 0.416 e. The predicted octanol–water partition coefficient (Wildman–Crippen LogP) is 7.28. The minimum Gasteiger partial charge on any atom is -0.399 e. The molecule has 1 heterocycles. The number of pyridine rings is 1. The first-order valence-corrected chi connectivity index (χ1v) is 9.94. The van der Waals surface area contributed by atoms with E-state index in [0.717, 1.165) is 0 Å². The zero-order chi connectivity index (χ0) is 24.7. The maximum atomic E-state index is 13.4. The number of hydrogen-bond donors (Lipinski definition) is 2. The van der Waals surface area contributed by atoms with Gasteiger partial charge in [0.1, 0.15) is 0 Å². The first-order chi connectivity index (χ1) is 15.9. The van der Waals surface area contributed by atoms with Crippen LogP contribution in [0.5, 0.6) is 0 Å². The molecule has 4 rings (SSSR count). The summed E-state index contributed by atoms with van der Waals surface area (Å²) >= 11 is 0. The van der Waals surface area contributed by atoms with Crippen LogP contribution in [0, 0.1) is 0 Å². The monoisotopic (exact) mass is 473 g/mol. The molecule has 0 fully saturated rings. The van der Waals surface area contributed by atoms with Gasteiger partial charge in [0.15, 0.2) is 0 Å². The third-order valence-electron chi connectivity index (χ3n) is 5.16. The minimum absolute atomic E-state index is 0.104. The van der Waals surface area contributed by atoms with Crippen LogP contribution in [0.1, 0.15) is 11.1 Å². The summed E-state index contributed by atoms with van der Waals surface area (Å²) in [6, 6.07) is 17.6. The number of benzene rings is 3. The fourth-order valence-corrected chi connectivity index (χ4v) is 3.42. The first kappa shape index (κ1) is 23.2. The molecule has 3 aromatic carbocycles. The summed E-state index contributed by atoms with van der Waals surface area (Å²) in [5, 5.41) is 0. The molecule has 0 spiro atoms. The van der Waals surface area contributed by atoms with E-state index in [4.69, 9.17) is 11.5 Å². The first-order valence-electron chi connectivity index (χ1n) is 9.94. The average Bonchev–Trinajstić information content (AvgIpc) is 2.78. The van der Waals surface area contributed by atoms with Gasteiger partial charge < -0.3 is 11.5 Å². The zero-order valence-corrected chi connectivity index (χ0v) is 17.4. The van der Waals surface area contributed by atoms with E-state index >= 15 is 0 Å². The molecule has 0 radical (unpaired) electrons. The fourth-order valence-electron chi connectivity index (χ4n) is 3.42. The van der Waals surface area contributed by atoms with Crippen LogP contribution in [-0.4, -0.2) is 4.98 Å². The third kappa shape index (κ3) is 4.98. The lowest BCUT2D eigenvalue weighted by molar-refractivity contribution is -0.143. The van der Waals surface area contributed by atoms with Crippen molar-refractivity contribution < 1.29 is 26.3 Å². The van der Waals surface area contributed by atoms with Crippen LogP contribution in [0.25, 0.3) is 33.6 Å². The number of alkyl halides is 6. The van der Waals surface area contributed by atoms with E-state index in [0.29, 0.717) is 46.0 Å². The van der Waals surface area contributed by atoms with Crippen LogP contribution < -0.4 is 11.5 Å². The lowest BCUT2D eigenvalue weighted by Gasteiger charge is -2.16. The number of anilines is 2. The standard InChI is InChI=1S/C25H17F6N3/c26-24(27,28)18-9-16(10-19(13-18)25(29,30)31)17-11-22(14-1-5-20(32)6-2-14)34-23(12-17)15-3-7-21(33)8-4-15/h1-13H,32-33H2. The maximum Gasteiger partial charge on any atom is 0.416 e. The van der Waals surface area contributed by atoms with Gasteiger partial charge in [-0.3, -0.25) is 0 Å². The summed E-state index contributed by atoms with van der Waals surface area (Å²) in [6.45, 7) is 0. The third-order valence-corrected chi connectivity index (χ3v) is 5.16. The second-order valence-electron chi connectivity index (χ2n) is 7.66. The van der Waals surface area contributed by atoms with Crippen molar-refractivity contribution in [3.8, 4) is 33.6 Å². The highest BCUT2D eigenvalue weighted by molar-refractivity contribution is 5.78. The van der Waals surface area contributed by atoms with Crippen LogP contribution in [-0.2, 0) is 12.4 Å². The summed E-state index contributed by atoms with van der Waals surface area (Å²) in [6.07, 6.45) is -9.91. The predicted molar refractivity (Wildman–Crippen MR) is 119 cm³/mol. The molecule has 34 heavy (non-hydrogen) atoms. The van der Waals surface area contributed by atoms with Crippen LogP contribution in [0.3, 0.4) is 0 Å². The van der Waals surface area contributed by atoms with E-state index in [-0.39, 0.29) is 17.2 Å². The molecular weight excluding hydrogens is 456 g/mol. The van der Waals surface area contributed by atoms with Gasteiger partial charge in [-0.2, -0.15) is 26.3 Å². The average molecular weight is 473 g/mol. The van der Waals surface area contributed by atoms with Gasteiger partial charge >= 0.3 is 12.4 Å². The second-order valence-corrected chi connectivity index (χ2v) is 7.66. The molecule has 4 N–H and O–H groups in total. The number of hydrogen-bond acceptors (Lipinski definition) is 3. The number of aromatic nitrogens is 1. The van der Waals surface area contributed by atoms with Crippen LogP contribution in [0.15, 0.2) is 78.9 Å². The Kier molecular flexibility index (Phi) is 5.72. The van der Waals surface area contributed by atoms with E-state index in [2.05, 4.69) is 4.98 Å². The lowest BCUT2D eigenvalue weighted by atomic mass is 9.96. The molecule has 1 aromatic heterocycles. The maximum absolute atomic E-state index is 13.4. The van der Waals surface area contributed by atoms with Crippen molar-refractivity contribution in [2.45, 2.75) is 12.4 Å². The summed E-state index contributed by atoms with van der Waals surface area (Å²) in [5.41, 5.74) is 11.5. The quantitative estimate of drug-likeness (QED) is 0.243. The van der Waals surface area contributed by atoms with Crippen LogP contribution in [0.2, 0.25) is 0 Å². The van der Waals surface area contributed by atoms with E-state index in [1.165, 1.54) is 12.1 Å². The summed E-state index contributed by atoms with van der Waals surface area (Å²) < 4.78 is 80.5. The molecule has 0 aliphatic carbocycles. The smallest absolute Gasteiger partial charge is 0.399 e. The van der Waals surface area contributed by atoms with Gasteiger partial charge in [0, 0.05) is 22.5 Å². The topological polar surface area (TPSA) is 64.9 Å². The van der Waals surface area contributed by atoms with Crippen molar-refractivity contribution in [3.05, 3.63) is 90.0 Å². The highest BCUT2D eigenvalue weighted by Crippen LogP contribution is 2.40. The highest BCUT2D eigenvalue weighted by atomic mass is 19.4. The molecule has 3 nitrogen and oxygen atoms in total. The molecule has 0 saturated heterocycles. The fraction of sp³-hybridized carbons (Fsp3) is 0.0800. The Labute approximate surface area is 190 Å². The zero-order valence-electron chi connectivity index (χ0n) is 17.4. The Morgan fingerprint density at radius 2 is 0.824 bits per heavy atom. The number of rotatable bonds is 3. The Morgan fingerprint density at radius 3 is 1.18 bits per heavy atom. The van der Waals surface area contributed by atoms with Crippen molar-refractivity contribution >= 4 is 11.4 Å². The Bertz CT molecular complexity index is 1230. The van der Waals surface area contributed by atoms with Gasteiger partial charge in [-0.25, -0.2) is 4.98 Å². The van der Waals surface area contributed by atoms with Gasteiger partial charge in [0.25, 0.3) is 0 Å². The van der Waals surface area contributed by atoms with Gasteiger partial charge in [-0.1, -0.05) is 24.3 Å². The van der Waals surface area contributed by atoms with Crippen LogP contribution >= 0.6 is 0 Å². The van der Waals surface area contributed by atoms with Gasteiger partial charge in [0.05, 0.1) is 22.5 Å². The van der Waals surface area contributed by atoms with Gasteiger partial charge in [0.2, 0.25) is 0 Å².